The molecule has 2 aromatic carbocycles. The van der Waals surface area contributed by atoms with E-state index in [0.29, 0.717) is 18.8 Å². The Labute approximate surface area is 203 Å². The summed E-state index contributed by atoms with van der Waals surface area (Å²) in [4.78, 5) is 14.4. The van der Waals surface area contributed by atoms with E-state index in [0.717, 1.165) is 31.7 Å². The second kappa shape index (κ2) is 8.60. The molecule has 2 unspecified atom stereocenters. The number of anilines is 1. The molecule has 5 nitrogen and oxygen atoms in total. The number of nitrogens with zero attached hydrogens (tertiary/aromatic N) is 1. The van der Waals surface area contributed by atoms with E-state index in [1.165, 1.54) is 39.1 Å². The molecule has 5 rings (SSSR count). The van der Waals surface area contributed by atoms with Gasteiger partial charge in [-0.05, 0) is 61.8 Å². The summed E-state index contributed by atoms with van der Waals surface area (Å²) in [6.07, 6.45) is 2.12. The normalized spacial score (nSPS) is 23.0. The number of esters is 1. The Bertz CT molecular complexity index is 1090. The summed E-state index contributed by atoms with van der Waals surface area (Å²) < 4.78 is 12.2. The number of aliphatic hydroxyl groups is 1. The van der Waals surface area contributed by atoms with Crippen molar-refractivity contribution in [3.05, 3.63) is 57.6 Å². The molecule has 2 atom stereocenters. The molecule has 3 aliphatic rings. The lowest BCUT2D eigenvalue weighted by molar-refractivity contribution is -0.160. The fourth-order valence-corrected chi connectivity index (χ4v) is 6.15. The highest BCUT2D eigenvalue weighted by Crippen LogP contribution is 2.50. The minimum Gasteiger partial charge on any atom is -0.487 e. The van der Waals surface area contributed by atoms with E-state index in [9.17, 15) is 9.90 Å². The zero-order valence-corrected chi connectivity index (χ0v) is 21.1. The molecular formula is C29H37NO4. The number of rotatable bonds is 5. The predicted octanol–water partition coefficient (Wildman–Crippen LogP) is 5.35. The van der Waals surface area contributed by atoms with E-state index in [4.69, 9.17) is 9.47 Å². The summed E-state index contributed by atoms with van der Waals surface area (Å²) in [7, 11) is 0. The number of carbonyl (C=O) groups excluding carboxylic acids is 1. The van der Waals surface area contributed by atoms with Crippen LogP contribution in [0.5, 0.6) is 5.75 Å². The molecule has 3 heterocycles. The van der Waals surface area contributed by atoms with Gasteiger partial charge < -0.3 is 19.5 Å². The van der Waals surface area contributed by atoms with Crippen molar-refractivity contribution in [3.8, 4) is 5.75 Å². The summed E-state index contributed by atoms with van der Waals surface area (Å²) >= 11 is 0. The maximum Gasteiger partial charge on any atom is 0.308 e. The first kappa shape index (κ1) is 23.2. The van der Waals surface area contributed by atoms with Crippen LogP contribution in [0.3, 0.4) is 0 Å². The number of benzene rings is 2. The second-order valence-electron chi connectivity index (χ2n) is 11.2. The summed E-state index contributed by atoms with van der Waals surface area (Å²) in [5, 5.41) is 10.1. The van der Waals surface area contributed by atoms with Gasteiger partial charge in [0.05, 0.1) is 12.5 Å². The Morgan fingerprint density at radius 2 is 1.85 bits per heavy atom. The molecule has 0 spiro atoms. The molecular weight excluding hydrogens is 426 g/mol. The van der Waals surface area contributed by atoms with Gasteiger partial charge in [-0.2, -0.15) is 0 Å². The lowest BCUT2D eigenvalue weighted by atomic mass is 9.84. The third kappa shape index (κ3) is 4.19. The van der Waals surface area contributed by atoms with Crippen LogP contribution in [0.1, 0.15) is 86.3 Å². The first-order valence-corrected chi connectivity index (χ1v) is 12.7. The number of hydrogen-bond donors (Lipinski definition) is 1. The summed E-state index contributed by atoms with van der Waals surface area (Å²) in [5.41, 5.74) is 9.17. The second-order valence-corrected chi connectivity index (χ2v) is 11.2. The molecule has 182 valence electrons. The van der Waals surface area contributed by atoms with Gasteiger partial charge in [0.25, 0.3) is 0 Å². The highest BCUT2D eigenvalue weighted by Gasteiger charge is 2.38. The highest BCUT2D eigenvalue weighted by atomic mass is 16.5. The van der Waals surface area contributed by atoms with Gasteiger partial charge in [-0.1, -0.05) is 38.1 Å². The van der Waals surface area contributed by atoms with Crippen LogP contribution in [-0.4, -0.2) is 28.9 Å². The smallest absolute Gasteiger partial charge is 0.308 e. The van der Waals surface area contributed by atoms with Crippen molar-refractivity contribution in [2.45, 2.75) is 104 Å². The number of ether oxygens (including phenoxy) is 2. The van der Waals surface area contributed by atoms with Gasteiger partial charge in [-0.25, -0.2) is 0 Å². The first-order chi connectivity index (χ1) is 16.1. The van der Waals surface area contributed by atoms with Crippen LogP contribution in [0.2, 0.25) is 0 Å². The van der Waals surface area contributed by atoms with Gasteiger partial charge in [-0.15, -0.1) is 0 Å². The molecule has 1 N–H and O–H groups in total. The lowest BCUT2D eigenvalue weighted by Crippen LogP contribution is -2.33. The Balaban J connectivity index is 1.57. The molecule has 0 radical (unpaired) electrons. The van der Waals surface area contributed by atoms with Gasteiger partial charge in [0.1, 0.15) is 17.5 Å². The quantitative estimate of drug-likeness (QED) is 0.606. The third-order valence-corrected chi connectivity index (χ3v) is 7.60. The molecule has 0 bridgehead atoms. The number of cyclic esters (lactones) is 1. The monoisotopic (exact) mass is 463 g/mol. The molecule has 1 saturated heterocycles. The Kier molecular flexibility index (Phi) is 5.87. The van der Waals surface area contributed by atoms with Crippen molar-refractivity contribution in [2.75, 3.05) is 4.90 Å². The van der Waals surface area contributed by atoms with Gasteiger partial charge >= 0.3 is 5.97 Å². The van der Waals surface area contributed by atoms with Crippen LogP contribution in [0.15, 0.2) is 24.3 Å². The minimum atomic E-state index is -0.603. The van der Waals surface area contributed by atoms with Crippen molar-refractivity contribution in [2.24, 2.45) is 0 Å². The molecule has 0 aliphatic carbocycles. The largest absolute Gasteiger partial charge is 0.487 e. The average Bonchev–Trinajstić information content (AvgIpc) is 3.32. The summed E-state index contributed by atoms with van der Waals surface area (Å²) in [5.74, 6) is 1.06. The SMILES string of the molecule is Cc1c2c(c(CCC3CC(O)CC(=O)O3)c(C(C)C)c1N1Cc3ccccc3C1)OC(C)(C)C2. The van der Waals surface area contributed by atoms with Crippen LogP contribution in [-0.2, 0) is 35.5 Å². The standard InChI is InChI=1S/C29H37NO4/c1-17(2)26-23(11-10-22-12-21(31)13-25(32)33-22)28-24(14-29(4,5)34-28)18(3)27(26)30-15-19-8-6-7-9-20(19)16-30/h6-9,17,21-22,31H,10-16H2,1-5H3. The number of hydrogen-bond acceptors (Lipinski definition) is 5. The Hall–Kier alpha value is -2.53. The fourth-order valence-electron chi connectivity index (χ4n) is 6.15. The van der Waals surface area contributed by atoms with Crippen LogP contribution in [0.4, 0.5) is 5.69 Å². The molecule has 34 heavy (non-hydrogen) atoms. The third-order valence-electron chi connectivity index (χ3n) is 7.60. The number of fused-ring (bicyclic) bond motifs is 2. The highest BCUT2D eigenvalue weighted by molar-refractivity contribution is 5.73. The van der Waals surface area contributed by atoms with Crippen LogP contribution in [0.25, 0.3) is 0 Å². The van der Waals surface area contributed by atoms with Crippen molar-refractivity contribution in [1.82, 2.24) is 0 Å². The number of carbonyl (C=O) groups is 1. The van der Waals surface area contributed by atoms with Gasteiger partial charge in [0.15, 0.2) is 0 Å². The zero-order chi connectivity index (χ0) is 24.2. The van der Waals surface area contributed by atoms with Gasteiger partial charge in [-0.3, -0.25) is 4.79 Å². The van der Waals surface area contributed by atoms with Crippen molar-refractivity contribution in [1.29, 1.82) is 0 Å². The minimum absolute atomic E-state index is 0.102. The summed E-state index contributed by atoms with van der Waals surface area (Å²) in [6, 6.07) is 8.73. The van der Waals surface area contributed by atoms with E-state index in [2.05, 4.69) is 63.8 Å². The first-order valence-electron chi connectivity index (χ1n) is 12.7. The Morgan fingerprint density at radius 1 is 1.18 bits per heavy atom. The molecule has 0 amide bonds. The van der Waals surface area contributed by atoms with Gasteiger partial charge in [0, 0.05) is 42.7 Å². The van der Waals surface area contributed by atoms with Crippen molar-refractivity contribution >= 4 is 11.7 Å². The molecule has 1 fully saturated rings. The van der Waals surface area contributed by atoms with Crippen LogP contribution >= 0.6 is 0 Å². The fraction of sp³-hybridized carbons (Fsp3) is 0.552. The van der Waals surface area contributed by atoms with Crippen LogP contribution in [0, 0.1) is 6.92 Å². The maximum atomic E-state index is 11.9. The van der Waals surface area contributed by atoms with Crippen molar-refractivity contribution < 1.29 is 19.4 Å². The summed E-state index contributed by atoms with van der Waals surface area (Å²) in [6.45, 7) is 13.0. The predicted molar refractivity (Wildman–Crippen MR) is 133 cm³/mol. The number of aliphatic hydroxyl groups excluding tert-OH is 1. The van der Waals surface area contributed by atoms with Crippen molar-refractivity contribution in [3.63, 3.8) is 0 Å². The average molecular weight is 464 g/mol. The molecule has 3 aliphatic heterocycles. The van der Waals surface area contributed by atoms with E-state index in [1.54, 1.807) is 0 Å². The van der Waals surface area contributed by atoms with E-state index in [-0.39, 0.29) is 24.1 Å². The molecule has 0 aromatic heterocycles. The van der Waals surface area contributed by atoms with E-state index < -0.39 is 6.10 Å². The molecule has 5 heteroatoms. The van der Waals surface area contributed by atoms with Crippen LogP contribution < -0.4 is 9.64 Å². The van der Waals surface area contributed by atoms with E-state index >= 15 is 0 Å². The lowest BCUT2D eigenvalue weighted by Gasteiger charge is -2.31. The van der Waals surface area contributed by atoms with E-state index in [1.807, 2.05) is 0 Å². The molecule has 0 saturated carbocycles. The maximum absolute atomic E-state index is 11.9. The topological polar surface area (TPSA) is 59.0 Å². The zero-order valence-electron chi connectivity index (χ0n) is 21.1. The van der Waals surface area contributed by atoms with Gasteiger partial charge in [0.2, 0.25) is 0 Å². The molecule has 2 aromatic rings. The Morgan fingerprint density at radius 3 is 2.47 bits per heavy atom.